The zero-order chi connectivity index (χ0) is 11.0. The second kappa shape index (κ2) is 3.99. The molecule has 1 aromatic carbocycles. The molecule has 16 heavy (non-hydrogen) atoms. The van der Waals surface area contributed by atoms with Crippen LogP contribution in [0.25, 0.3) is 11.1 Å². The van der Waals surface area contributed by atoms with E-state index < -0.39 is 0 Å². The van der Waals surface area contributed by atoms with Gasteiger partial charge in [-0.05, 0) is 43.0 Å². The summed E-state index contributed by atoms with van der Waals surface area (Å²) in [5.74, 6) is 0. The van der Waals surface area contributed by atoms with E-state index in [1.54, 1.807) is 0 Å². The summed E-state index contributed by atoms with van der Waals surface area (Å²) in [6.07, 6.45) is 6.02. The van der Waals surface area contributed by atoms with Crippen LogP contribution in [0.15, 0.2) is 36.5 Å². The van der Waals surface area contributed by atoms with E-state index in [0.29, 0.717) is 0 Å². The summed E-state index contributed by atoms with van der Waals surface area (Å²) in [5.41, 5.74) is 4.13. The van der Waals surface area contributed by atoms with E-state index in [-0.39, 0.29) is 0 Å². The van der Waals surface area contributed by atoms with E-state index in [0.717, 1.165) is 5.02 Å². The maximum Gasteiger partial charge on any atom is 0.0406 e. The van der Waals surface area contributed by atoms with Gasteiger partial charge in [0, 0.05) is 29.0 Å². The highest BCUT2D eigenvalue weighted by atomic mass is 35.5. The third kappa shape index (κ3) is 1.65. The molecule has 1 aliphatic rings. The Hall–Kier alpha value is -1.21. The molecule has 0 amide bonds. The lowest BCUT2D eigenvalue weighted by Gasteiger charge is -2.16. The van der Waals surface area contributed by atoms with Gasteiger partial charge < -0.3 is 4.57 Å². The van der Waals surface area contributed by atoms with Gasteiger partial charge in [-0.3, -0.25) is 0 Å². The van der Waals surface area contributed by atoms with E-state index in [9.17, 15) is 0 Å². The number of fused-ring (bicyclic) bond motifs is 1. The maximum absolute atomic E-state index is 5.91. The Morgan fingerprint density at radius 3 is 2.62 bits per heavy atom. The molecule has 0 N–H and O–H groups in total. The van der Waals surface area contributed by atoms with Gasteiger partial charge >= 0.3 is 0 Å². The second-order valence-corrected chi connectivity index (χ2v) is 4.77. The number of aryl methyl sites for hydroxylation is 1. The van der Waals surface area contributed by atoms with E-state index in [2.05, 4.69) is 29.0 Å². The van der Waals surface area contributed by atoms with Crippen molar-refractivity contribution >= 4 is 11.6 Å². The summed E-state index contributed by atoms with van der Waals surface area (Å²) in [6.45, 7) is 1.17. The Morgan fingerprint density at radius 2 is 1.81 bits per heavy atom. The molecule has 0 fully saturated rings. The van der Waals surface area contributed by atoms with E-state index >= 15 is 0 Å². The van der Waals surface area contributed by atoms with Crippen LogP contribution in [0.1, 0.15) is 18.5 Å². The van der Waals surface area contributed by atoms with Gasteiger partial charge in [-0.15, -0.1) is 0 Å². The van der Waals surface area contributed by atoms with Crippen LogP contribution in [0, 0.1) is 0 Å². The van der Waals surface area contributed by atoms with Crippen LogP contribution >= 0.6 is 11.6 Å². The molecule has 0 unspecified atom stereocenters. The lowest BCUT2D eigenvalue weighted by atomic mass is 10.0. The highest BCUT2D eigenvalue weighted by Crippen LogP contribution is 2.29. The fourth-order valence-corrected chi connectivity index (χ4v) is 2.59. The summed E-state index contributed by atoms with van der Waals surface area (Å²) >= 11 is 5.91. The van der Waals surface area contributed by atoms with Gasteiger partial charge in [0.1, 0.15) is 0 Å². The molecule has 2 aromatic rings. The zero-order valence-corrected chi connectivity index (χ0v) is 9.87. The highest BCUT2D eigenvalue weighted by molar-refractivity contribution is 6.30. The molecule has 0 atom stereocenters. The summed E-state index contributed by atoms with van der Waals surface area (Å²) in [7, 11) is 0. The Kier molecular flexibility index (Phi) is 2.49. The quantitative estimate of drug-likeness (QED) is 0.695. The molecule has 0 saturated carbocycles. The van der Waals surface area contributed by atoms with Gasteiger partial charge in [-0.2, -0.15) is 0 Å². The fraction of sp³-hybridized carbons (Fsp3) is 0.286. The van der Waals surface area contributed by atoms with Gasteiger partial charge in [0.25, 0.3) is 0 Å². The lowest BCUT2D eigenvalue weighted by Crippen LogP contribution is -2.09. The number of aromatic nitrogens is 1. The predicted molar refractivity (Wildman–Crippen MR) is 67.8 cm³/mol. The van der Waals surface area contributed by atoms with Gasteiger partial charge in [0.05, 0.1) is 0 Å². The third-order valence-corrected chi connectivity index (χ3v) is 3.55. The first-order valence-corrected chi connectivity index (χ1v) is 6.16. The van der Waals surface area contributed by atoms with Crippen LogP contribution < -0.4 is 0 Å². The second-order valence-electron chi connectivity index (χ2n) is 4.33. The Morgan fingerprint density at radius 1 is 1.00 bits per heavy atom. The zero-order valence-electron chi connectivity index (χ0n) is 9.12. The minimum atomic E-state index is 0.803. The summed E-state index contributed by atoms with van der Waals surface area (Å²) in [5, 5.41) is 0.803. The number of hydrogen-bond acceptors (Lipinski definition) is 0. The maximum atomic E-state index is 5.91. The number of rotatable bonds is 1. The number of nitrogens with zero attached hydrogens (tertiary/aromatic N) is 1. The summed E-state index contributed by atoms with van der Waals surface area (Å²) < 4.78 is 2.38. The highest BCUT2D eigenvalue weighted by Gasteiger charge is 2.13. The first-order chi connectivity index (χ1) is 7.84. The van der Waals surface area contributed by atoms with E-state index in [1.165, 1.54) is 42.6 Å². The standard InChI is InChI=1S/C14H14ClN/c15-12-6-4-11(5-7-12)13-8-10-16-9-2-1-3-14(13)16/h4-8,10H,1-3,9H2. The van der Waals surface area contributed by atoms with Crippen LogP contribution in [-0.4, -0.2) is 4.57 Å². The van der Waals surface area contributed by atoms with Crippen molar-refractivity contribution in [2.75, 3.05) is 0 Å². The molecule has 1 nitrogen and oxygen atoms in total. The first-order valence-electron chi connectivity index (χ1n) is 5.78. The van der Waals surface area contributed by atoms with Crippen LogP contribution in [0.4, 0.5) is 0 Å². The minimum absolute atomic E-state index is 0.803. The van der Waals surface area contributed by atoms with Crippen molar-refractivity contribution in [3.63, 3.8) is 0 Å². The van der Waals surface area contributed by atoms with Gasteiger partial charge in [0.15, 0.2) is 0 Å². The number of hydrogen-bond donors (Lipinski definition) is 0. The Balaban J connectivity index is 2.06. The average Bonchev–Trinajstić information content (AvgIpc) is 2.74. The lowest BCUT2D eigenvalue weighted by molar-refractivity contribution is 0.534. The average molecular weight is 232 g/mol. The summed E-state index contributed by atoms with van der Waals surface area (Å²) in [4.78, 5) is 0. The Bertz CT molecular complexity index is 496. The molecule has 1 aromatic heterocycles. The molecular weight excluding hydrogens is 218 g/mol. The first kappa shape index (κ1) is 9.98. The number of benzene rings is 1. The molecular formula is C14H14ClN. The molecule has 3 rings (SSSR count). The largest absolute Gasteiger partial charge is 0.351 e. The third-order valence-electron chi connectivity index (χ3n) is 3.30. The predicted octanol–water partition coefficient (Wildman–Crippen LogP) is 4.14. The van der Waals surface area contributed by atoms with Crippen LogP contribution in [0.3, 0.4) is 0 Å². The molecule has 0 saturated heterocycles. The molecule has 82 valence electrons. The molecule has 1 aliphatic heterocycles. The minimum Gasteiger partial charge on any atom is -0.351 e. The van der Waals surface area contributed by atoms with Crippen LogP contribution in [0.2, 0.25) is 5.02 Å². The normalized spacial score (nSPS) is 14.8. The molecule has 2 heteroatoms. The molecule has 2 heterocycles. The van der Waals surface area contributed by atoms with Gasteiger partial charge in [-0.25, -0.2) is 0 Å². The fourth-order valence-electron chi connectivity index (χ4n) is 2.46. The van der Waals surface area contributed by atoms with E-state index in [1.807, 2.05) is 12.1 Å². The van der Waals surface area contributed by atoms with Gasteiger partial charge in [-0.1, -0.05) is 23.7 Å². The van der Waals surface area contributed by atoms with Crippen molar-refractivity contribution in [1.82, 2.24) is 4.57 Å². The van der Waals surface area contributed by atoms with Crippen LogP contribution in [-0.2, 0) is 13.0 Å². The van der Waals surface area contributed by atoms with Crippen molar-refractivity contribution in [3.05, 3.63) is 47.2 Å². The van der Waals surface area contributed by atoms with Crippen molar-refractivity contribution in [1.29, 1.82) is 0 Å². The van der Waals surface area contributed by atoms with Crippen molar-refractivity contribution in [3.8, 4) is 11.1 Å². The summed E-state index contributed by atoms with van der Waals surface area (Å²) in [6, 6.07) is 10.4. The van der Waals surface area contributed by atoms with Crippen molar-refractivity contribution in [2.24, 2.45) is 0 Å². The van der Waals surface area contributed by atoms with Crippen LogP contribution in [0.5, 0.6) is 0 Å². The smallest absolute Gasteiger partial charge is 0.0406 e. The van der Waals surface area contributed by atoms with Crippen molar-refractivity contribution < 1.29 is 0 Å². The molecule has 0 spiro atoms. The Labute approximate surface area is 101 Å². The molecule has 0 bridgehead atoms. The molecule has 0 radical (unpaired) electrons. The van der Waals surface area contributed by atoms with E-state index in [4.69, 9.17) is 11.6 Å². The SMILES string of the molecule is Clc1ccc(-c2ccn3c2CCCC3)cc1. The number of halogens is 1. The van der Waals surface area contributed by atoms with Gasteiger partial charge in [0.2, 0.25) is 0 Å². The monoisotopic (exact) mass is 231 g/mol. The van der Waals surface area contributed by atoms with Crippen molar-refractivity contribution in [2.45, 2.75) is 25.8 Å². The molecule has 0 aliphatic carbocycles. The topological polar surface area (TPSA) is 4.93 Å².